The molecule has 106 valence electrons. The Hall–Kier alpha value is 0.570. The summed E-state index contributed by atoms with van der Waals surface area (Å²) in [5, 5.41) is 0. The molecule has 0 radical (unpaired) electrons. The molecule has 2 aliphatic rings. The van der Waals surface area contributed by atoms with E-state index in [1.54, 1.807) is 7.11 Å². The summed E-state index contributed by atoms with van der Waals surface area (Å²) in [5.41, 5.74) is 0. The van der Waals surface area contributed by atoms with Gasteiger partial charge in [0.15, 0.2) is 0 Å². The Kier molecular flexibility index (Phi) is 6.14. The summed E-state index contributed by atoms with van der Waals surface area (Å²) in [6.07, 6.45) is 3.81. The quantitative estimate of drug-likeness (QED) is 0.527. The van der Waals surface area contributed by atoms with Crippen LogP contribution in [-0.4, -0.2) is 67.2 Å². The van der Waals surface area contributed by atoms with E-state index in [0.29, 0.717) is 12.1 Å². The average molecular weight is 368 g/mol. The maximum atomic E-state index is 5.91. The van der Waals surface area contributed by atoms with Gasteiger partial charge in [-0.3, -0.25) is 0 Å². The van der Waals surface area contributed by atoms with Gasteiger partial charge < -0.3 is 14.4 Å². The first kappa shape index (κ1) is 15.0. The van der Waals surface area contributed by atoms with Crippen molar-refractivity contribution in [3.8, 4) is 0 Å². The summed E-state index contributed by atoms with van der Waals surface area (Å²) < 4.78 is 13.6. The minimum Gasteiger partial charge on any atom is -0.383 e. The van der Waals surface area contributed by atoms with Crippen molar-refractivity contribution in [2.24, 2.45) is 5.92 Å². The summed E-state index contributed by atoms with van der Waals surface area (Å²) in [6.45, 7) is 5.05. The van der Waals surface area contributed by atoms with E-state index in [-0.39, 0.29) is 0 Å². The van der Waals surface area contributed by atoms with Crippen LogP contribution in [0.4, 0.5) is 0 Å². The Labute approximate surface area is 124 Å². The maximum Gasteiger partial charge on any atom is 0.0630 e. The van der Waals surface area contributed by atoms with E-state index in [4.69, 9.17) is 9.47 Å². The minimum absolute atomic E-state index is 0.563. The van der Waals surface area contributed by atoms with Gasteiger partial charge in [-0.05, 0) is 19.9 Å². The van der Waals surface area contributed by atoms with Gasteiger partial charge in [0.05, 0.1) is 19.8 Å². The van der Waals surface area contributed by atoms with E-state index in [9.17, 15) is 0 Å². The van der Waals surface area contributed by atoms with E-state index in [1.807, 2.05) is 0 Å². The number of ether oxygens (including phenoxy) is 2. The summed E-state index contributed by atoms with van der Waals surface area (Å²) in [5.74, 6) is 0.760. The molecule has 2 heterocycles. The lowest BCUT2D eigenvalue weighted by Gasteiger charge is -2.39. The molecule has 0 spiro atoms. The molecule has 5 heteroatoms. The van der Waals surface area contributed by atoms with Crippen molar-refractivity contribution < 1.29 is 9.47 Å². The molecule has 0 amide bonds. The first-order chi connectivity index (χ1) is 8.70. The summed E-state index contributed by atoms with van der Waals surface area (Å²) in [7, 11) is 3.96. The van der Waals surface area contributed by atoms with Crippen molar-refractivity contribution in [3.63, 3.8) is 0 Å². The highest BCUT2D eigenvalue weighted by atomic mass is 127. The van der Waals surface area contributed by atoms with Crippen molar-refractivity contribution in [1.82, 2.24) is 8.01 Å². The molecule has 0 bridgehead atoms. The van der Waals surface area contributed by atoms with E-state index < -0.39 is 0 Å². The van der Waals surface area contributed by atoms with Crippen LogP contribution in [0.1, 0.15) is 19.3 Å². The highest BCUT2D eigenvalue weighted by molar-refractivity contribution is 14.1. The fourth-order valence-electron chi connectivity index (χ4n) is 2.94. The molecule has 0 saturated carbocycles. The molecule has 2 aliphatic heterocycles. The molecule has 0 aromatic rings. The second kappa shape index (κ2) is 7.38. The number of hydrogen-bond donors (Lipinski definition) is 0. The zero-order chi connectivity index (χ0) is 13.0. The number of piperidine rings is 1. The SMILES string of the molecule is COCC1CCCC(COCC2CN(C)C2)N1I. The Morgan fingerprint density at radius 1 is 1.11 bits per heavy atom. The predicted molar refractivity (Wildman–Crippen MR) is 81.0 cm³/mol. The maximum absolute atomic E-state index is 5.91. The molecular formula is C13H25IN2O2. The van der Waals surface area contributed by atoms with Crippen LogP contribution in [0, 0.1) is 5.92 Å². The second-order valence-corrected chi connectivity index (χ2v) is 6.78. The van der Waals surface area contributed by atoms with Gasteiger partial charge in [0.25, 0.3) is 0 Å². The third-order valence-electron chi connectivity index (χ3n) is 3.93. The van der Waals surface area contributed by atoms with Crippen molar-refractivity contribution >= 4 is 22.9 Å². The number of halogens is 1. The zero-order valence-electron chi connectivity index (χ0n) is 11.5. The van der Waals surface area contributed by atoms with Crippen molar-refractivity contribution in [2.75, 3.05) is 47.1 Å². The molecule has 0 aromatic heterocycles. The van der Waals surface area contributed by atoms with Gasteiger partial charge in [0, 0.05) is 61.1 Å². The van der Waals surface area contributed by atoms with Crippen LogP contribution in [-0.2, 0) is 9.47 Å². The third-order valence-corrected chi connectivity index (χ3v) is 5.51. The molecule has 2 rings (SSSR count). The van der Waals surface area contributed by atoms with E-state index in [0.717, 1.165) is 25.7 Å². The average Bonchev–Trinajstić information content (AvgIpc) is 2.31. The molecule has 2 saturated heterocycles. The number of nitrogens with zero attached hydrogens (tertiary/aromatic N) is 2. The fraction of sp³-hybridized carbons (Fsp3) is 1.00. The number of rotatable bonds is 6. The Morgan fingerprint density at radius 2 is 1.78 bits per heavy atom. The van der Waals surface area contributed by atoms with Crippen LogP contribution in [0.15, 0.2) is 0 Å². The number of likely N-dealkylation sites (tertiary alicyclic amines) is 1. The molecule has 2 atom stereocenters. The lowest BCUT2D eigenvalue weighted by atomic mass is 9.99. The van der Waals surface area contributed by atoms with Gasteiger partial charge >= 0.3 is 0 Å². The summed E-state index contributed by atoms with van der Waals surface area (Å²) in [4.78, 5) is 2.34. The second-order valence-electron chi connectivity index (χ2n) is 5.66. The third kappa shape index (κ3) is 4.03. The molecule has 4 nitrogen and oxygen atoms in total. The van der Waals surface area contributed by atoms with E-state index in [1.165, 1.54) is 32.4 Å². The lowest BCUT2D eigenvalue weighted by Crippen LogP contribution is -2.47. The van der Waals surface area contributed by atoms with Gasteiger partial charge in [0.2, 0.25) is 0 Å². The Bertz CT molecular complexity index is 247. The van der Waals surface area contributed by atoms with Crippen LogP contribution in [0.3, 0.4) is 0 Å². The lowest BCUT2D eigenvalue weighted by molar-refractivity contribution is -0.000127. The normalized spacial score (nSPS) is 31.5. The molecule has 2 fully saturated rings. The predicted octanol–water partition coefficient (Wildman–Crippen LogP) is 1.78. The smallest absolute Gasteiger partial charge is 0.0630 e. The van der Waals surface area contributed by atoms with Gasteiger partial charge in [-0.2, -0.15) is 0 Å². The fourth-order valence-corrected chi connectivity index (χ4v) is 3.82. The van der Waals surface area contributed by atoms with Gasteiger partial charge in [-0.15, -0.1) is 0 Å². The zero-order valence-corrected chi connectivity index (χ0v) is 13.6. The first-order valence-electron chi connectivity index (χ1n) is 6.90. The minimum atomic E-state index is 0.563. The van der Waals surface area contributed by atoms with Gasteiger partial charge in [0.1, 0.15) is 0 Å². The highest BCUT2D eigenvalue weighted by Gasteiger charge is 2.29. The topological polar surface area (TPSA) is 24.9 Å². The number of hydrogen-bond acceptors (Lipinski definition) is 4. The van der Waals surface area contributed by atoms with Crippen LogP contribution in [0.25, 0.3) is 0 Å². The largest absolute Gasteiger partial charge is 0.383 e. The molecule has 0 N–H and O–H groups in total. The van der Waals surface area contributed by atoms with Crippen LogP contribution in [0.5, 0.6) is 0 Å². The van der Waals surface area contributed by atoms with Crippen molar-refractivity contribution in [2.45, 2.75) is 31.3 Å². The molecule has 18 heavy (non-hydrogen) atoms. The Balaban J connectivity index is 1.64. The van der Waals surface area contributed by atoms with Crippen LogP contribution < -0.4 is 0 Å². The summed E-state index contributed by atoms with van der Waals surface area (Å²) >= 11 is 2.45. The highest BCUT2D eigenvalue weighted by Crippen LogP contribution is 2.27. The molecular weight excluding hydrogens is 343 g/mol. The number of methoxy groups -OCH3 is 1. The van der Waals surface area contributed by atoms with E-state index >= 15 is 0 Å². The van der Waals surface area contributed by atoms with Crippen molar-refractivity contribution in [1.29, 1.82) is 0 Å². The standard InChI is InChI=1S/C13H25IN2O2/c1-15-6-11(7-15)8-18-10-13-5-3-4-12(9-17-2)16(13)14/h11-13H,3-10H2,1-2H3. The van der Waals surface area contributed by atoms with Gasteiger partial charge in [-0.25, -0.2) is 3.11 Å². The molecule has 0 aliphatic carbocycles. The van der Waals surface area contributed by atoms with Crippen LogP contribution >= 0.6 is 22.9 Å². The van der Waals surface area contributed by atoms with E-state index in [2.05, 4.69) is 37.9 Å². The van der Waals surface area contributed by atoms with Gasteiger partial charge in [-0.1, -0.05) is 6.42 Å². The molecule has 2 unspecified atom stereocenters. The Morgan fingerprint density at radius 3 is 2.39 bits per heavy atom. The van der Waals surface area contributed by atoms with Crippen molar-refractivity contribution in [3.05, 3.63) is 0 Å². The summed E-state index contributed by atoms with van der Waals surface area (Å²) in [6, 6.07) is 1.13. The van der Waals surface area contributed by atoms with Crippen LogP contribution in [0.2, 0.25) is 0 Å². The monoisotopic (exact) mass is 368 g/mol. The molecule has 0 aromatic carbocycles. The first-order valence-corrected chi connectivity index (χ1v) is 7.86.